The minimum Gasteiger partial charge on any atom is -0.492 e. The van der Waals surface area contributed by atoms with Crippen molar-refractivity contribution in [3.63, 3.8) is 0 Å². The van der Waals surface area contributed by atoms with E-state index in [4.69, 9.17) is 9.47 Å². The fraction of sp³-hybridized carbons (Fsp3) is 0.227. The number of hydrogen-bond acceptors (Lipinski definition) is 3. The Hall–Kier alpha value is -3.39. The standard InChI is InChI=1S/C22H24N2O3/c1-3-11-18-12-5-7-14-20(18)27-17-10-9-16-23-22(25)24-19-13-6-8-15-21(19)26-4-2/h3,5-8,12-15H,1,4,11,16-17H2,2H3,(H2,23,24,25). The van der Waals surface area contributed by atoms with E-state index in [-0.39, 0.29) is 19.2 Å². The van der Waals surface area contributed by atoms with Gasteiger partial charge in [0, 0.05) is 0 Å². The van der Waals surface area contributed by atoms with Crippen LogP contribution in [-0.2, 0) is 6.42 Å². The molecule has 0 aliphatic carbocycles. The maximum absolute atomic E-state index is 12.0. The van der Waals surface area contributed by atoms with E-state index >= 15 is 0 Å². The largest absolute Gasteiger partial charge is 0.492 e. The van der Waals surface area contributed by atoms with Gasteiger partial charge in [0.2, 0.25) is 0 Å². The SMILES string of the molecule is C=CCc1ccccc1OCC#CCNC(=O)Nc1ccccc1OCC. The fourth-order valence-corrected chi connectivity index (χ4v) is 2.34. The average molecular weight is 364 g/mol. The molecule has 0 bridgehead atoms. The number of amides is 2. The van der Waals surface area contributed by atoms with Crippen LogP contribution in [0.25, 0.3) is 0 Å². The van der Waals surface area contributed by atoms with Crippen LogP contribution in [-0.4, -0.2) is 25.8 Å². The van der Waals surface area contributed by atoms with E-state index in [1.54, 1.807) is 12.1 Å². The van der Waals surface area contributed by atoms with Gasteiger partial charge in [-0.15, -0.1) is 6.58 Å². The molecule has 27 heavy (non-hydrogen) atoms. The number of rotatable bonds is 8. The number of nitrogens with one attached hydrogen (secondary N) is 2. The van der Waals surface area contributed by atoms with Crippen molar-refractivity contribution in [3.8, 4) is 23.3 Å². The first-order valence-corrected chi connectivity index (χ1v) is 8.78. The predicted molar refractivity (Wildman–Crippen MR) is 108 cm³/mol. The number of allylic oxidation sites excluding steroid dienone is 1. The maximum Gasteiger partial charge on any atom is 0.320 e. The molecule has 2 rings (SSSR count). The van der Waals surface area contributed by atoms with Crippen molar-refractivity contribution in [2.45, 2.75) is 13.3 Å². The summed E-state index contributed by atoms with van der Waals surface area (Å²) in [7, 11) is 0. The fourth-order valence-electron chi connectivity index (χ4n) is 2.34. The Kier molecular flexibility index (Phi) is 8.32. The lowest BCUT2D eigenvalue weighted by atomic mass is 10.1. The van der Waals surface area contributed by atoms with Crippen molar-refractivity contribution >= 4 is 11.7 Å². The molecule has 2 amide bonds. The number of ether oxygens (including phenoxy) is 2. The van der Waals surface area contributed by atoms with Gasteiger partial charge in [0.05, 0.1) is 18.8 Å². The Bertz CT molecular complexity index is 822. The Balaban J connectivity index is 1.76. The van der Waals surface area contributed by atoms with Gasteiger partial charge < -0.3 is 20.1 Å². The van der Waals surface area contributed by atoms with Gasteiger partial charge in [-0.2, -0.15) is 0 Å². The Morgan fingerprint density at radius 2 is 1.81 bits per heavy atom. The highest BCUT2D eigenvalue weighted by Crippen LogP contribution is 2.23. The zero-order valence-electron chi connectivity index (χ0n) is 15.5. The Morgan fingerprint density at radius 3 is 2.59 bits per heavy atom. The first-order valence-electron chi connectivity index (χ1n) is 8.78. The Labute approximate surface area is 160 Å². The first kappa shape index (κ1) is 19.9. The van der Waals surface area contributed by atoms with E-state index in [9.17, 15) is 4.79 Å². The molecule has 0 atom stereocenters. The van der Waals surface area contributed by atoms with E-state index in [0.29, 0.717) is 18.0 Å². The number of para-hydroxylation sites is 3. The number of urea groups is 1. The number of benzene rings is 2. The number of hydrogen-bond donors (Lipinski definition) is 2. The van der Waals surface area contributed by atoms with Crippen molar-refractivity contribution in [2.75, 3.05) is 25.1 Å². The normalized spacial score (nSPS) is 9.52. The zero-order chi connectivity index (χ0) is 19.3. The smallest absolute Gasteiger partial charge is 0.320 e. The molecule has 0 fully saturated rings. The monoisotopic (exact) mass is 364 g/mol. The van der Waals surface area contributed by atoms with Gasteiger partial charge >= 0.3 is 6.03 Å². The second-order valence-electron chi connectivity index (χ2n) is 5.48. The van der Waals surface area contributed by atoms with Crippen LogP contribution in [0.3, 0.4) is 0 Å². The van der Waals surface area contributed by atoms with Crippen LogP contribution in [0.4, 0.5) is 10.5 Å². The molecule has 0 aliphatic heterocycles. The molecule has 2 aromatic carbocycles. The van der Waals surface area contributed by atoms with E-state index < -0.39 is 0 Å². The van der Waals surface area contributed by atoms with Gasteiger partial charge in [0.15, 0.2) is 0 Å². The highest BCUT2D eigenvalue weighted by molar-refractivity contribution is 5.91. The van der Waals surface area contributed by atoms with E-state index in [0.717, 1.165) is 17.7 Å². The molecule has 0 saturated heterocycles. The molecule has 0 aliphatic rings. The molecule has 5 heteroatoms. The van der Waals surface area contributed by atoms with Crippen LogP contribution in [0.2, 0.25) is 0 Å². The van der Waals surface area contributed by atoms with Crippen LogP contribution in [0.1, 0.15) is 12.5 Å². The van der Waals surface area contributed by atoms with Crippen molar-refractivity contribution in [1.29, 1.82) is 0 Å². The number of carbonyl (C=O) groups is 1. The molecule has 5 nitrogen and oxygen atoms in total. The summed E-state index contributed by atoms with van der Waals surface area (Å²) < 4.78 is 11.1. The third kappa shape index (κ3) is 6.79. The molecule has 2 aromatic rings. The van der Waals surface area contributed by atoms with Gasteiger partial charge in [-0.05, 0) is 37.1 Å². The first-order chi connectivity index (χ1) is 13.2. The van der Waals surface area contributed by atoms with Crippen molar-refractivity contribution in [1.82, 2.24) is 5.32 Å². The number of carbonyl (C=O) groups excluding carboxylic acids is 1. The summed E-state index contributed by atoms with van der Waals surface area (Å²) >= 11 is 0. The molecular formula is C22H24N2O3. The molecule has 0 aromatic heterocycles. The summed E-state index contributed by atoms with van der Waals surface area (Å²) in [6.45, 7) is 6.64. The summed E-state index contributed by atoms with van der Waals surface area (Å²) in [5.74, 6) is 7.18. The topological polar surface area (TPSA) is 59.6 Å². The summed E-state index contributed by atoms with van der Waals surface area (Å²) in [6, 6.07) is 14.7. The van der Waals surface area contributed by atoms with Crippen molar-refractivity contribution < 1.29 is 14.3 Å². The molecule has 0 spiro atoms. The molecular weight excluding hydrogens is 340 g/mol. The van der Waals surface area contributed by atoms with Crippen LogP contribution >= 0.6 is 0 Å². The minimum absolute atomic E-state index is 0.223. The van der Waals surface area contributed by atoms with Crippen LogP contribution in [0.5, 0.6) is 11.5 Å². The van der Waals surface area contributed by atoms with Gasteiger partial charge in [-0.1, -0.05) is 48.2 Å². The van der Waals surface area contributed by atoms with Crippen LogP contribution in [0, 0.1) is 11.8 Å². The second kappa shape index (κ2) is 11.3. The lowest BCUT2D eigenvalue weighted by molar-refractivity contribution is 0.253. The zero-order valence-corrected chi connectivity index (χ0v) is 15.5. The van der Waals surface area contributed by atoms with Crippen molar-refractivity contribution in [3.05, 3.63) is 66.7 Å². The highest BCUT2D eigenvalue weighted by atomic mass is 16.5. The third-order valence-corrected chi connectivity index (χ3v) is 3.53. The van der Waals surface area contributed by atoms with Gasteiger partial charge in [-0.25, -0.2) is 4.79 Å². The predicted octanol–water partition coefficient (Wildman–Crippen LogP) is 4.02. The minimum atomic E-state index is -0.339. The third-order valence-electron chi connectivity index (χ3n) is 3.53. The summed E-state index contributed by atoms with van der Waals surface area (Å²) in [4.78, 5) is 12.0. The average Bonchev–Trinajstić information content (AvgIpc) is 2.68. The van der Waals surface area contributed by atoms with Crippen LogP contribution < -0.4 is 20.1 Å². The van der Waals surface area contributed by atoms with E-state index in [1.165, 1.54) is 0 Å². The van der Waals surface area contributed by atoms with E-state index in [2.05, 4.69) is 29.1 Å². The second-order valence-corrected chi connectivity index (χ2v) is 5.48. The van der Waals surface area contributed by atoms with E-state index in [1.807, 2.05) is 49.4 Å². The number of anilines is 1. The van der Waals surface area contributed by atoms with Gasteiger partial charge in [0.25, 0.3) is 0 Å². The van der Waals surface area contributed by atoms with Crippen LogP contribution in [0.15, 0.2) is 61.2 Å². The molecule has 0 radical (unpaired) electrons. The molecule has 2 N–H and O–H groups in total. The quantitative estimate of drug-likeness (QED) is 0.549. The lowest BCUT2D eigenvalue weighted by Gasteiger charge is -2.11. The Morgan fingerprint density at radius 1 is 1.07 bits per heavy atom. The highest BCUT2D eigenvalue weighted by Gasteiger charge is 2.05. The molecule has 0 saturated carbocycles. The summed E-state index contributed by atoms with van der Waals surface area (Å²) in [5.41, 5.74) is 1.69. The van der Waals surface area contributed by atoms with Gasteiger partial charge in [-0.3, -0.25) is 0 Å². The van der Waals surface area contributed by atoms with Crippen molar-refractivity contribution in [2.24, 2.45) is 0 Å². The summed E-state index contributed by atoms with van der Waals surface area (Å²) in [6.07, 6.45) is 2.58. The molecule has 0 heterocycles. The molecule has 0 unspecified atom stereocenters. The lowest BCUT2D eigenvalue weighted by Crippen LogP contribution is -2.29. The summed E-state index contributed by atoms with van der Waals surface area (Å²) in [5, 5.41) is 5.43. The van der Waals surface area contributed by atoms with Gasteiger partial charge in [0.1, 0.15) is 18.1 Å². The molecule has 140 valence electrons. The maximum atomic E-state index is 12.0.